The fourth-order valence-electron chi connectivity index (χ4n) is 6.98. The molecule has 0 bridgehead atoms. The molecule has 12 N–H and O–H groups in total. The Bertz CT molecular complexity index is 880. The third kappa shape index (κ3) is 14.6. The summed E-state index contributed by atoms with van der Waals surface area (Å²) in [6, 6.07) is 0. The lowest BCUT2D eigenvalue weighted by Gasteiger charge is -2.53. The Morgan fingerprint density at radius 3 is 2.02 bits per heavy atom. The summed E-state index contributed by atoms with van der Waals surface area (Å²) in [4.78, 5) is 0.396. The number of nitrogens with zero attached hydrogens (tertiary/aromatic N) is 3. The Balaban J connectivity index is 1.85. The summed E-state index contributed by atoms with van der Waals surface area (Å²) in [6.07, 6.45) is 5.18. The van der Waals surface area contributed by atoms with E-state index < -0.39 is 61.0 Å². The highest BCUT2D eigenvalue weighted by atomic mass is 16.7. The van der Waals surface area contributed by atoms with E-state index in [1.54, 1.807) is 0 Å². The van der Waals surface area contributed by atoms with Gasteiger partial charge in [-0.2, -0.15) is 0 Å². The summed E-state index contributed by atoms with van der Waals surface area (Å²) in [5.74, 6) is -3.94. The zero-order valence-electron chi connectivity index (χ0n) is 29.7. The molecule has 49 heavy (non-hydrogen) atoms. The van der Waals surface area contributed by atoms with Crippen LogP contribution in [0, 0.1) is 5.92 Å². The first-order valence-electron chi connectivity index (χ1n) is 18.7. The van der Waals surface area contributed by atoms with Gasteiger partial charge < -0.3 is 61.7 Å². The summed E-state index contributed by atoms with van der Waals surface area (Å²) < 4.78 is 11.9. The third-order valence-corrected chi connectivity index (χ3v) is 9.80. The highest BCUT2D eigenvalue weighted by molar-refractivity contribution is 5.04. The fraction of sp³-hybridized carbons (Fsp3) is 1.00. The molecule has 0 aromatic heterocycles. The maximum absolute atomic E-state index is 11.7. The van der Waals surface area contributed by atoms with Crippen molar-refractivity contribution in [2.45, 2.75) is 152 Å². The molecule has 0 aliphatic carbocycles. The number of aliphatic hydroxyl groups is 6. The Kier molecular flexibility index (Phi) is 22.0. The number of rotatable bonds is 27. The van der Waals surface area contributed by atoms with Gasteiger partial charge in [0.25, 0.3) is 10.2 Å². The number of hydrogen-bond acceptors (Lipinski definition) is 12. The van der Waals surface area contributed by atoms with E-state index in [-0.39, 0.29) is 13.0 Å². The van der Waals surface area contributed by atoms with Gasteiger partial charge in [0.1, 0.15) is 12.2 Å². The molecular formula is C33H69N6O10+. The molecule has 2 rings (SSSR count). The normalized spacial score (nSPS) is 30.9. The number of hydrazine groups is 1. The van der Waals surface area contributed by atoms with Gasteiger partial charge in [0.05, 0.1) is 56.1 Å². The van der Waals surface area contributed by atoms with E-state index in [4.69, 9.17) is 20.4 Å². The van der Waals surface area contributed by atoms with Crippen molar-refractivity contribution in [3.63, 3.8) is 0 Å². The van der Waals surface area contributed by atoms with Gasteiger partial charge in [-0.15, -0.1) is 5.01 Å². The van der Waals surface area contributed by atoms with Gasteiger partial charge >= 0.3 is 0 Å². The molecule has 0 saturated carbocycles. The van der Waals surface area contributed by atoms with Gasteiger partial charge in [0.2, 0.25) is 5.79 Å². The van der Waals surface area contributed by atoms with Crippen LogP contribution in [0.3, 0.4) is 0 Å². The van der Waals surface area contributed by atoms with Crippen molar-refractivity contribution >= 4 is 0 Å². The quantitative estimate of drug-likeness (QED) is 0.0239. The molecule has 2 heterocycles. The fourth-order valence-corrected chi connectivity index (χ4v) is 6.98. The van der Waals surface area contributed by atoms with Crippen LogP contribution in [0.2, 0.25) is 0 Å². The molecular weight excluding hydrogens is 640 g/mol. The first-order chi connectivity index (χ1) is 23.6. The van der Waals surface area contributed by atoms with Gasteiger partial charge in [0.15, 0.2) is 0 Å². The first kappa shape index (κ1) is 43.7. The number of hydrogen-bond donors (Lipinski definition) is 11. The van der Waals surface area contributed by atoms with Crippen LogP contribution >= 0.6 is 0 Å². The van der Waals surface area contributed by atoms with Crippen molar-refractivity contribution < 1.29 is 55.5 Å². The van der Waals surface area contributed by atoms with Crippen LogP contribution in [0.5, 0.6) is 0 Å². The molecule has 16 nitrogen and oxygen atoms in total. The summed E-state index contributed by atoms with van der Waals surface area (Å²) >= 11 is 0. The largest absolute Gasteiger partial charge is 0.394 e. The van der Waals surface area contributed by atoms with Crippen LogP contribution < -0.4 is 16.4 Å². The number of ether oxygens (including phenoxy) is 2. The SMILES string of the molecule is CCCCCCCCCCCC[C@H]1O[C@H](CO)C([C@@]2(O)O[C@H](CNCCCN(CCCNCCCN)/[N+](O)=N/O)C[C@H](O)[C@H]2O)[C@H](O)[C@H]1O. The zero-order chi connectivity index (χ0) is 36.1. The Morgan fingerprint density at radius 2 is 1.43 bits per heavy atom. The van der Waals surface area contributed by atoms with Crippen molar-refractivity contribution in [1.82, 2.24) is 15.6 Å². The van der Waals surface area contributed by atoms with Crippen LogP contribution in [0.15, 0.2) is 5.28 Å². The van der Waals surface area contributed by atoms with Crippen LogP contribution in [-0.4, -0.2) is 152 Å². The Hall–Kier alpha value is -1.44. The van der Waals surface area contributed by atoms with Crippen molar-refractivity contribution in [2.75, 3.05) is 52.4 Å². The standard InChI is InChI=1S/C33H68N6O10/c1-2-3-4-5-6-7-8-9-10-11-15-27-30(42)31(43)29(28(24-40)48-27)33(45)32(44)26(41)22-25(49-33)23-36-19-14-21-38(39(47)37-46)20-13-18-35-17-12-16-34/h25-32,35-36,40-45,47H,2-24,34H2,1H3/p+1/t25-,26-,27+,28+,29?,30-,31-,32+,33+/m0/s1. The summed E-state index contributed by atoms with van der Waals surface area (Å²) in [7, 11) is 0. The van der Waals surface area contributed by atoms with Crippen LogP contribution in [-0.2, 0) is 9.47 Å². The second kappa shape index (κ2) is 24.7. The van der Waals surface area contributed by atoms with Crippen molar-refractivity contribution in [3.05, 3.63) is 0 Å². The molecule has 2 fully saturated rings. The maximum Gasteiger partial charge on any atom is 0.271 e. The number of aliphatic hydroxyl groups excluding tert-OH is 5. The van der Waals surface area contributed by atoms with E-state index in [2.05, 4.69) is 22.8 Å². The average molecular weight is 710 g/mol. The monoisotopic (exact) mass is 710 g/mol. The van der Waals surface area contributed by atoms with Crippen LogP contribution in [0.25, 0.3) is 0 Å². The van der Waals surface area contributed by atoms with E-state index in [9.17, 15) is 35.8 Å². The lowest BCUT2D eigenvalue weighted by molar-refractivity contribution is -0.941. The van der Waals surface area contributed by atoms with Gasteiger partial charge in [-0.05, 0) is 51.9 Å². The van der Waals surface area contributed by atoms with E-state index in [1.807, 2.05) is 0 Å². The molecule has 290 valence electrons. The zero-order valence-corrected chi connectivity index (χ0v) is 29.7. The predicted octanol–water partition coefficient (Wildman–Crippen LogP) is 0.363. The second-order valence-corrected chi connectivity index (χ2v) is 13.7. The van der Waals surface area contributed by atoms with Gasteiger partial charge in [-0.3, -0.25) is 0 Å². The first-order valence-corrected chi connectivity index (χ1v) is 18.7. The Labute approximate surface area is 292 Å². The molecule has 16 heteroatoms. The maximum atomic E-state index is 11.7. The van der Waals surface area contributed by atoms with Crippen LogP contribution in [0.1, 0.15) is 103 Å². The molecule has 0 amide bonds. The minimum absolute atomic E-state index is 0.00898. The highest BCUT2D eigenvalue weighted by Gasteiger charge is 2.61. The van der Waals surface area contributed by atoms with Gasteiger partial charge in [-0.1, -0.05) is 71.1 Å². The topological polar surface area (TPSA) is 249 Å². The van der Waals surface area contributed by atoms with Crippen molar-refractivity contribution in [1.29, 1.82) is 0 Å². The number of unbranched alkanes of at least 4 members (excludes halogenated alkanes) is 9. The van der Waals surface area contributed by atoms with Gasteiger partial charge in [-0.25, -0.2) is 5.21 Å². The van der Waals surface area contributed by atoms with E-state index >= 15 is 0 Å². The Morgan fingerprint density at radius 1 is 0.837 bits per heavy atom. The van der Waals surface area contributed by atoms with Crippen molar-refractivity contribution in [2.24, 2.45) is 16.9 Å². The number of nitrogens with two attached hydrogens (primary N) is 1. The molecule has 9 atom stereocenters. The minimum Gasteiger partial charge on any atom is -0.394 e. The second-order valence-electron chi connectivity index (χ2n) is 13.7. The lowest BCUT2D eigenvalue weighted by atomic mass is 9.75. The molecule has 2 aliphatic heterocycles. The average Bonchev–Trinajstić information content (AvgIpc) is 3.09. The molecule has 0 aromatic carbocycles. The third-order valence-electron chi connectivity index (χ3n) is 9.80. The van der Waals surface area contributed by atoms with Gasteiger partial charge in [0, 0.05) is 13.0 Å². The summed E-state index contributed by atoms with van der Waals surface area (Å²) in [5, 5.41) is 95.2. The molecule has 2 saturated heterocycles. The van der Waals surface area contributed by atoms with E-state index in [0.717, 1.165) is 38.6 Å². The molecule has 0 spiro atoms. The molecule has 2 aliphatic rings. The highest BCUT2D eigenvalue weighted by Crippen LogP contribution is 2.42. The molecule has 0 aromatic rings. The molecule has 1 unspecified atom stereocenters. The molecule has 0 radical (unpaired) electrons. The van der Waals surface area contributed by atoms with E-state index in [1.165, 1.54) is 43.5 Å². The van der Waals surface area contributed by atoms with Crippen molar-refractivity contribution in [3.8, 4) is 0 Å². The smallest absolute Gasteiger partial charge is 0.271 e. The van der Waals surface area contributed by atoms with Crippen LogP contribution in [0.4, 0.5) is 0 Å². The minimum atomic E-state index is -2.51. The summed E-state index contributed by atoms with van der Waals surface area (Å²) in [6.45, 7) is 5.12. The summed E-state index contributed by atoms with van der Waals surface area (Å²) in [5.41, 5.74) is 5.49. The number of nitrogens with one attached hydrogen (secondary N) is 2. The lowest BCUT2D eigenvalue weighted by Crippen LogP contribution is -2.71. The van der Waals surface area contributed by atoms with E-state index in [0.29, 0.717) is 57.0 Å². The predicted molar refractivity (Wildman–Crippen MR) is 181 cm³/mol.